The third kappa shape index (κ3) is 4.35. The van der Waals surface area contributed by atoms with Gasteiger partial charge < -0.3 is 9.47 Å². The Morgan fingerprint density at radius 3 is 2.33 bits per heavy atom. The fourth-order valence-electron chi connectivity index (χ4n) is 1.69. The number of benzene rings is 1. The molecule has 1 aromatic carbocycles. The third-order valence-electron chi connectivity index (χ3n) is 2.63. The maximum Gasteiger partial charge on any atom is 0.271 e. The van der Waals surface area contributed by atoms with Gasteiger partial charge in [0, 0.05) is 26.4 Å². The first-order valence-electron chi connectivity index (χ1n) is 5.74. The van der Waals surface area contributed by atoms with E-state index in [2.05, 4.69) is 4.72 Å². The summed E-state index contributed by atoms with van der Waals surface area (Å²) < 4.78 is 36.6. The highest BCUT2D eigenvalue weighted by atomic mass is 35.5. The van der Waals surface area contributed by atoms with Crippen LogP contribution in [0.1, 0.15) is 6.92 Å². The Morgan fingerprint density at radius 1 is 1.33 bits per heavy atom. The molecule has 0 radical (unpaired) electrons. The molecule has 0 saturated carbocycles. The first kappa shape index (κ1) is 17.8. The van der Waals surface area contributed by atoms with E-state index in [1.165, 1.54) is 14.2 Å². The van der Waals surface area contributed by atoms with Crippen LogP contribution in [0.15, 0.2) is 23.1 Å². The Bertz CT molecular complexity index is 617. The highest BCUT2D eigenvalue weighted by molar-refractivity contribution is 7.89. The molecule has 0 amide bonds. The molecular weight excluding hydrogens is 324 g/mol. The maximum absolute atomic E-state index is 12.2. The number of nitro benzene ring substituents is 1. The van der Waals surface area contributed by atoms with Gasteiger partial charge in [0.15, 0.2) is 6.29 Å². The second-order valence-corrected chi connectivity index (χ2v) is 6.21. The molecule has 0 fully saturated rings. The molecule has 21 heavy (non-hydrogen) atoms. The number of hydrogen-bond donors (Lipinski definition) is 1. The Labute approximate surface area is 127 Å². The second-order valence-electron chi connectivity index (χ2n) is 4.12. The van der Waals surface area contributed by atoms with Crippen molar-refractivity contribution in [3.63, 3.8) is 0 Å². The molecule has 118 valence electrons. The molecule has 0 bridgehead atoms. The minimum Gasteiger partial charge on any atom is -0.354 e. The van der Waals surface area contributed by atoms with Crippen LogP contribution < -0.4 is 4.72 Å². The van der Waals surface area contributed by atoms with Crippen LogP contribution in [0.4, 0.5) is 5.69 Å². The van der Waals surface area contributed by atoms with Gasteiger partial charge in [-0.3, -0.25) is 10.1 Å². The van der Waals surface area contributed by atoms with Gasteiger partial charge in [0.05, 0.1) is 16.0 Å². The number of rotatable bonds is 7. The summed E-state index contributed by atoms with van der Waals surface area (Å²) in [6.45, 7) is 1.55. The molecule has 1 atom stereocenters. The molecule has 0 aliphatic heterocycles. The first-order chi connectivity index (χ1) is 9.72. The summed E-state index contributed by atoms with van der Waals surface area (Å²) in [4.78, 5) is 9.69. The predicted molar refractivity (Wildman–Crippen MR) is 75.7 cm³/mol. The fourth-order valence-corrected chi connectivity index (χ4v) is 3.46. The van der Waals surface area contributed by atoms with Gasteiger partial charge in [0.1, 0.15) is 4.90 Å². The van der Waals surface area contributed by atoms with E-state index < -0.39 is 27.3 Å². The minimum atomic E-state index is -3.96. The summed E-state index contributed by atoms with van der Waals surface area (Å²) in [7, 11) is -1.22. The molecule has 8 nitrogen and oxygen atoms in total. The highest BCUT2D eigenvalue weighted by Gasteiger charge is 2.26. The highest BCUT2D eigenvalue weighted by Crippen LogP contribution is 2.26. The van der Waals surface area contributed by atoms with E-state index in [4.69, 9.17) is 21.1 Å². The Kier molecular flexibility index (Phi) is 6.05. The number of halogens is 1. The van der Waals surface area contributed by atoms with Crippen LogP contribution in [-0.4, -0.2) is 39.9 Å². The van der Waals surface area contributed by atoms with E-state index in [-0.39, 0.29) is 15.6 Å². The largest absolute Gasteiger partial charge is 0.354 e. The molecule has 0 aliphatic rings. The molecule has 0 spiro atoms. The van der Waals surface area contributed by atoms with Gasteiger partial charge >= 0.3 is 0 Å². The maximum atomic E-state index is 12.2. The number of nitrogens with zero attached hydrogens (tertiary/aromatic N) is 1. The van der Waals surface area contributed by atoms with E-state index in [9.17, 15) is 18.5 Å². The van der Waals surface area contributed by atoms with Crippen molar-refractivity contribution >= 4 is 27.3 Å². The van der Waals surface area contributed by atoms with Gasteiger partial charge in [0.2, 0.25) is 10.0 Å². The summed E-state index contributed by atoms with van der Waals surface area (Å²) >= 11 is 5.80. The quantitative estimate of drug-likeness (QED) is 0.459. The van der Waals surface area contributed by atoms with E-state index in [0.717, 1.165) is 18.2 Å². The van der Waals surface area contributed by atoms with Crippen molar-refractivity contribution in [2.45, 2.75) is 24.2 Å². The van der Waals surface area contributed by atoms with E-state index in [0.29, 0.717) is 0 Å². The average Bonchev–Trinajstić information content (AvgIpc) is 2.38. The number of nitro groups is 1. The Hall–Kier alpha value is -1.26. The topological polar surface area (TPSA) is 108 Å². The molecule has 1 unspecified atom stereocenters. The number of ether oxygens (including phenoxy) is 2. The van der Waals surface area contributed by atoms with E-state index >= 15 is 0 Å². The van der Waals surface area contributed by atoms with Crippen molar-refractivity contribution < 1.29 is 22.8 Å². The molecular formula is C11H15ClN2O6S. The molecule has 0 saturated heterocycles. The third-order valence-corrected chi connectivity index (χ3v) is 4.67. The van der Waals surface area contributed by atoms with Crippen LogP contribution in [0.5, 0.6) is 0 Å². The zero-order chi connectivity index (χ0) is 16.2. The first-order valence-corrected chi connectivity index (χ1v) is 7.61. The predicted octanol–water partition coefficient (Wildman–Crippen LogP) is 1.53. The zero-order valence-corrected chi connectivity index (χ0v) is 13.1. The van der Waals surface area contributed by atoms with Crippen molar-refractivity contribution in [1.82, 2.24) is 4.72 Å². The minimum absolute atomic E-state index is 0.240. The number of methoxy groups -OCH3 is 2. The molecule has 1 aromatic rings. The van der Waals surface area contributed by atoms with E-state index in [1.807, 2.05) is 0 Å². The van der Waals surface area contributed by atoms with E-state index in [1.54, 1.807) is 6.92 Å². The van der Waals surface area contributed by atoms with Crippen molar-refractivity contribution in [2.24, 2.45) is 0 Å². The standard InChI is InChI=1S/C11H15ClN2O6S/c1-7(11(19-2)20-3)13-21(17,18)10-5-4-8(14(15)16)6-9(10)12/h4-7,11,13H,1-3H3. The second kappa shape index (κ2) is 7.14. The summed E-state index contributed by atoms with van der Waals surface area (Å²) in [5.41, 5.74) is -0.293. The Morgan fingerprint density at radius 2 is 1.90 bits per heavy atom. The lowest BCUT2D eigenvalue weighted by Gasteiger charge is -2.22. The molecule has 1 N–H and O–H groups in total. The number of sulfonamides is 1. The molecule has 0 heterocycles. The van der Waals surface area contributed by atoms with Gasteiger partial charge in [-0.15, -0.1) is 0 Å². The van der Waals surface area contributed by atoms with Crippen molar-refractivity contribution in [1.29, 1.82) is 0 Å². The number of nitrogens with one attached hydrogen (secondary N) is 1. The molecule has 0 aliphatic carbocycles. The number of non-ortho nitro benzene ring substituents is 1. The van der Waals surface area contributed by atoms with Crippen LogP contribution in [0.25, 0.3) is 0 Å². The summed E-state index contributed by atoms with van der Waals surface area (Å²) in [5.74, 6) is 0. The van der Waals surface area contributed by atoms with Crippen LogP contribution in [0.3, 0.4) is 0 Å². The zero-order valence-electron chi connectivity index (χ0n) is 11.6. The summed E-state index contributed by atoms with van der Waals surface area (Å²) in [5, 5.41) is 10.4. The lowest BCUT2D eigenvalue weighted by atomic mass is 10.3. The Balaban J connectivity index is 3.06. The monoisotopic (exact) mass is 338 g/mol. The van der Waals surface area contributed by atoms with Gasteiger partial charge in [-0.05, 0) is 13.0 Å². The lowest BCUT2D eigenvalue weighted by Crippen LogP contribution is -2.42. The molecule has 0 aromatic heterocycles. The summed E-state index contributed by atoms with van der Waals surface area (Å²) in [6.07, 6.45) is -0.781. The van der Waals surface area contributed by atoms with Crippen LogP contribution >= 0.6 is 11.6 Å². The SMILES string of the molecule is COC(OC)C(C)NS(=O)(=O)c1ccc([N+](=O)[O-])cc1Cl. The van der Waals surface area contributed by atoms with Crippen molar-refractivity contribution in [3.8, 4) is 0 Å². The van der Waals surface area contributed by atoms with Gasteiger partial charge in [-0.2, -0.15) is 0 Å². The van der Waals surface area contributed by atoms with Crippen molar-refractivity contribution in [3.05, 3.63) is 33.3 Å². The van der Waals surface area contributed by atoms with Crippen LogP contribution in [0.2, 0.25) is 5.02 Å². The molecule has 10 heteroatoms. The fraction of sp³-hybridized carbons (Fsp3) is 0.455. The number of hydrogen-bond acceptors (Lipinski definition) is 6. The van der Waals surface area contributed by atoms with Crippen LogP contribution in [0, 0.1) is 10.1 Å². The van der Waals surface area contributed by atoms with Gasteiger partial charge in [-0.25, -0.2) is 13.1 Å². The van der Waals surface area contributed by atoms with Crippen molar-refractivity contribution in [2.75, 3.05) is 14.2 Å². The van der Waals surface area contributed by atoms with Gasteiger partial charge in [-0.1, -0.05) is 11.6 Å². The smallest absolute Gasteiger partial charge is 0.271 e. The van der Waals surface area contributed by atoms with Crippen LogP contribution in [-0.2, 0) is 19.5 Å². The lowest BCUT2D eigenvalue weighted by molar-refractivity contribution is -0.384. The van der Waals surface area contributed by atoms with Gasteiger partial charge in [0.25, 0.3) is 5.69 Å². The molecule has 1 rings (SSSR count). The average molecular weight is 339 g/mol. The normalized spacial score (nSPS) is 13.4. The summed E-state index contributed by atoms with van der Waals surface area (Å²) in [6, 6.07) is 2.43.